The first-order valence-electron chi connectivity index (χ1n) is 8.67. The lowest BCUT2D eigenvalue weighted by molar-refractivity contribution is 0.0158. The van der Waals surface area contributed by atoms with Crippen LogP contribution < -0.4 is 0 Å². The SMILES string of the molecule is C=C(C)/C(C)=C1/C(O)C(c2ccccc2)(c2ccccc2)O[Si]1(C)C. The minimum atomic E-state index is -2.29. The predicted octanol–water partition coefficient (Wildman–Crippen LogP) is 4.96. The molecule has 130 valence electrons. The van der Waals surface area contributed by atoms with Gasteiger partial charge in [-0.3, -0.25) is 0 Å². The molecule has 2 aromatic carbocycles. The third-order valence-electron chi connectivity index (χ3n) is 5.17. The predicted molar refractivity (Wildman–Crippen MR) is 106 cm³/mol. The van der Waals surface area contributed by atoms with Gasteiger partial charge >= 0.3 is 0 Å². The van der Waals surface area contributed by atoms with Gasteiger partial charge in [-0.2, -0.15) is 0 Å². The van der Waals surface area contributed by atoms with Crippen molar-refractivity contribution in [3.63, 3.8) is 0 Å². The van der Waals surface area contributed by atoms with Gasteiger partial charge in [0.05, 0.1) is 0 Å². The Morgan fingerprint density at radius 3 is 1.80 bits per heavy atom. The molecule has 0 aromatic heterocycles. The Kier molecular flexibility index (Phi) is 4.58. The molecule has 1 aliphatic heterocycles. The first-order valence-corrected chi connectivity index (χ1v) is 11.6. The summed E-state index contributed by atoms with van der Waals surface area (Å²) in [5, 5.41) is 12.6. The topological polar surface area (TPSA) is 29.5 Å². The Hall–Kier alpha value is -1.94. The lowest BCUT2D eigenvalue weighted by atomic mass is 9.80. The third-order valence-corrected chi connectivity index (χ3v) is 7.95. The van der Waals surface area contributed by atoms with Crippen molar-refractivity contribution >= 4 is 8.32 Å². The number of benzene rings is 2. The second kappa shape index (κ2) is 6.41. The average Bonchev–Trinajstić information content (AvgIpc) is 2.82. The lowest BCUT2D eigenvalue weighted by Gasteiger charge is -2.35. The molecule has 3 rings (SSSR count). The van der Waals surface area contributed by atoms with Crippen LogP contribution in [-0.2, 0) is 10.0 Å². The van der Waals surface area contributed by atoms with E-state index >= 15 is 0 Å². The van der Waals surface area contributed by atoms with Crippen LogP contribution in [-0.4, -0.2) is 19.5 Å². The van der Waals surface area contributed by atoms with Gasteiger partial charge < -0.3 is 9.53 Å². The van der Waals surface area contributed by atoms with Gasteiger partial charge in [0.25, 0.3) is 0 Å². The molecule has 0 spiro atoms. The van der Waals surface area contributed by atoms with E-state index < -0.39 is 20.0 Å². The monoisotopic (exact) mass is 350 g/mol. The maximum atomic E-state index is 11.6. The molecule has 1 unspecified atom stereocenters. The summed E-state index contributed by atoms with van der Waals surface area (Å²) in [5.41, 5.74) is 3.15. The second-order valence-electron chi connectivity index (χ2n) is 7.30. The van der Waals surface area contributed by atoms with E-state index in [0.717, 1.165) is 27.5 Å². The first kappa shape index (κ1) is 17.9. The van der Waals surface area contributed by atoms with Crippen LogP contribution in [0.2, 0.25) is 13.1 Å². The van der Waals surface area contributed by atoms with E-state index in [1.54, 1.807) is 0 Å². The molecule has 25 heavy (non-hydrogen) atoms. The highest BCUT2D eigenvalue weighted by atomic mass is 28.4. The molecule has 1 fully saturated rings. The van der Waals surface area contributed by atoms with E-state index in [0.29, 0.717) is 0 Å². The van der Waals surface area contributed by atoms with Gasteiger partial charge in [0.2, 0.25) is 8.32 Å². The molecule has 1 heterocycles. The van der Waals surface area contributed by atoms with E-state index in [4.69, 9.17) is 4.43 Å². The van der Waals surface area contributed by atoms with Crippen molar-refractivity contribution in [1.29, 1.82) is 0 Å². The fraction of sp³-hybridized carbons (Fsp3) is 0.273. The highest BCUT2D eigenvalue weighted by Gasteiger charge is 2.58. The van der Waals surface area contributed by atoms with E-state index in [-0.39, 0.29) is 0 Å². The molecule has 1 aliphatic rings. The fourth-order valence-electron chi connectivity index (χ4n) is 3.90. The molecule has 1 N–H and O–H groups in total. The van der Waals surface area contributed by atoms with Gasteiger partial charge in [-0.05, 0) is 48.8 Å². The number of aliphatic hydroxyl groups is 1. The van der Waals surface area contributed by atoms with E-state index in [1.807, 2.05) is 74.5 Å². The number of allylic oxidation sites excluding steroid dienone is 2. The molecule has 1 saturated heterocycles. The highest BCUT2D eigenvalue weighted by molar-refractivity contribution is 6.79. The molecule has 2 nitrogen and oxygen atoms in total. The average molecular weight is 351 g/mol. The van der Waals surface area contributed by atoms with Crippen molar-refractivity contribution in [3.8, 4) is 0 Å². The van der Waals surface area contributed by atoms with Crippen LogP contribution in [0.5, 0.6) is 0 Å². The van der Waals surface area contributed by atoms with Crippen LogP contribution in [0, 0.1) is 0 Å². The Labute approximate surface area is 151 Å². The van der Waals surface area contributed by atoms with Crippen LogP contribution >= 0.6 is 0 Å². The zero-order valence-corrected chi connectivity index (χ0v) is 16.4. The lowest BCUT2D eigenvalue weighted by Crippen LogP contribution is -2.39. The van der Waals surface area contributed by atoms with Crippen LogP contribution in [0.25, 0.3) is 0 Å². The fourth-order valence-corrected chi connectivity index (χ4v) is 7.14. The molecule has 0 aliphatic carbocycles. The van der Waals surface area contributed by atoms with Crippen LogP contribution in [0.15, 0.2) is 83.6 Å². The van der Waals surface area contributed by atoms with E-state index in [2.05, 4.69) is 19.7 Å². The molecule has 0 saturated carbocycles. The van der Waals surface area contributed by atoms with Crippen LogP contribution in [0.4, 0.5) is 0 Å². The smallest absolute Gasteiger partial charge is 0.219 e. The maximum Gasteiger partial charge on any atom is 0.219 e. The summed E-state index contributed by atoms with van der Waals surface area (Å²) in [5.74, 6) is 0. The Balaban J connectivity index is 2.32. The van der Waals surface area contributed by atoms with Crippen molar-refractivity contribution in [2.24, 2.45) is 0 Å². The third kappa shape index (κ3) is 2.82. The summed E-state index contributed by atoms with van der Waals surface area (Å²) in [7, 11) is -2.29. The molecule has 2 aromatic rings. The zero-order chi connectivity index (χ0) is 18.2. The van der Waals surface area contributed by atoms with Crippen molar-refractivity contribution in [1.82, 2.24) is 0 Å². The Bertz CT molecular complexity index is 767. The Morgan fingerprint density at radius 2 is 1.40 bits per heavy atom. The number of hydrogen-bond acceptors (Lipinski definition) is 2. The van der Waals surface area contributed by atoms with Gasteiger partial charge in [-0.15, -0.1) is 0 Å². The quantitative estimate of drug-likeness (QED) is 0.793. The van der Waals surface area contributed by atoms with Gasteiger partial charge in [0.1, 0.15) is 11.7 Å². The van der Waals surface area contributed by atoms with Crippen LogP contribution in [0.3, 0.4) is 0 Å². The minimum Gasteiger partial charge on any atom is -0.397 e. The summed E-state index contributed by atoms with van der Waals surface area (Å²) in [6.45, 7) is 12.4. The van der Waals surface area contributed by atoms with Crippen molar-refractivity contribution in [2.75, 3.05) is 0 Å². The molecule has 3 heteroatoms. The van der Waals surface area contributed by atoms with Crippen molar-refractivity contribution in [2.45, 2.75) is 38.6 Å². The van der Waals surface area contributed by atoms with Gasteiger partial charge in [0.15, 0.2) is 0 Å². The van der Waals surface area contributed by atoms with Gasteiger partial charge in [-0.1, -0.05) is 72.8 Å². The normalized spacial score (nSPS) is 23.3. The van der Waals surface area contributed by atoms with Gasteiger partial charge in [-0.25, -0.2) is 0 Å². The first-order chi connectivity index (χ1) is 11.8. The molecule has 0 bridgehead atoms. The molecular formula is C22H26O2Si. The minimum absolute atomic E-state index is 0.726. The summed E-state index contributed by atoms with van der Waals surface area (Å²) in [6, 6.07) is 20.1. The van der Waals surface area contributed by atoms with Gasteiger partial charge in [0, 0.05) is 0 Å². The highest BCUT2D eigenvalue weighted by Crippen LogP contribution is 2.51. The van der Waals surface area contributed by atoms with Crippen molar-refractivity contribution < 1.29 is 9.53 Å². The molecule has 0 amide bonds. The molecular weight excluding hydrogens is 324 g/mol. The van der Waals surface area contributed by atoms with E-state index in [9.17, 15) is 5.11 Å². The number of aliphatic hydroxyl groups excluding tert-OH is 1. The van der Waals surface area contributed by atoms with E-state index in [1.165, 1.54) is 0 Å². The summed E-state index contributed by atoms with van der Waals surface area (Å²) in [4.78, 5) is 0. The number of rotatable bonds is 3. The summed E-state index contributed by atoms with van der Waals surface area (Å²) in [6.07, 6.45) is -0.726. The Morgan fingerprint density at radius 1 is 0.960 bits per heavy atom. The molecule has 0 radical (unpaired) electrons. The van der Waals surface area contributed by atoms with Crippen molar-refractivity contribution in [3.05, 3.63) is 94.7 Å². The zero-order valence-electron chi connectivity index (χ0n) is 15.4. The maximum absolute atomic E-state index is 11.6. The van der Waals surface area contributed by atoms with Crippen LogP contribution in [0.1, 0.15) is 25.0 Å². The standard InChI is InChI=1S/C22H26O2Si/c1-16(2)17(3)20-21(23)22(24-25(20,4)5,18-12-8-6-9-13-18)19-14-10-7-11-15-19/h6-15,21,23H,1H2,2-5H3/b20-17-. The second-order valence-corrected chi connectivity index (χ2v) is 11.1. The summed E-state index contributed by atoms with van der Waals surface area (Å²) < 4.78 is 6.79. The molecule has 1 atom stereocenters. The number of hydrogen-bond donors (Lipinski definition) is 1. The largest absolute Gasteiger partial charge is 0.397 e. The summed E-state index contributed by atoms with van der Waals surface area (Å²) >= 11 is 0.